The topological polar surface area (TPSA) is 29.5 Å². The fraction of sp³-hybridized carbons (Fsp3) is 0.400. The van der Waals surface area contributed by atoms with E-state index in [9.17, 15) is 0 Å². The molecule has 0 aliphatic carbocycles. The summed E-state index contributed by atoms with van der Waals surface area (Å²) in [6.07, 6.45) is 8.23. The van der Waals surface area contributed by atoms with Gasteiger partial charge in [-0.3, -0.25) is 0 Å². The minimum atomic E-state index is -0.483. The van der Waals surface area contributed by atoms with Gasteiger partial charge in [-0.1, -0.05) is 37.0 Å². The maximum absolute atomic E-state index is 9.15. The molecule has 1 N–H and O–H groups in total. The fourth-order valence-electron chi connectivity index (χ4n) is 0.753. The predicted octanol–water partition coefficient (Wildman–Crippen LogP) is 1.68. The van der Waals surface area contributed by atoms with Crippen LogP contribution in [0.5, 0.6) is 0 Å². The summed E-state index contributed by atoms with van der Waals surface area (Å²) < 4.78 is 5.00. The third kappa shape index (κ3) is 4.88. The average molecular weight is 168 g/mol. The van der Waals surface area contributed by atoms with Gasteiger partial charge in [0.05, 0.1) is 6.10 Å². The summed E-state index contributed by atoms with van der Waals surface area (Å²) in [6.45, 7) is 5.22. The Morgan fingerprint density at radius 3 is 2.42 bits per heavy atom. The Morgan fingerprint density at radius 1 is 1.33 bits per heavy atom. The summed E-state index contributed by atoms with van der Waals surface area (Å²) in [4.78, 5) is 0. The Labute approximate surface area is 73.9 Å². The smallest absolute Gasteiger partial charge is 0.101 e. The zero-order chi connectivity index (χ0) is 9.40. The van der Waals surface area contributed by atoms with Gasteiger partial charge in [-0.15, -0.1) is 0 Å². The Hall–Kier alpha value is -0.860. The molecule has 0 bridgehead atoms. The van der Waals surface area contributed by atoms with E-state index >= 15 is 0 Å². The first-order chi connectivity index (χ1) is 5.72. The van der Waals surface area contributed by atoms with E-state index < -0.39 is 6.10 Å². The van der Waals surface area contributed by atoms with Crippen molar-refractivity contribution in [1.82, 2.24) is 0 Å². The van der Waals surface area contributed by atoms with Crippen LogP contribution in [-0.2, 0) is 4.74 Å². The molecule has 0 radical (unpaired) electrons. The zero-order valence-electron chi connectivity index (χ0n) is 7.60. The summed E-state index contributed by atoms with van der Waals surface area (Å²) in [5.41, 5.74) is 0. The molecule has 0 spiro atoms. The molecule has 2 nitrogen and oxygen atoms in total. The van der Waals surface area contributed by atoms with Gasteiger partial charge in [0.25, 0.3) is 0 Å². The van der Waals surface area contributed by atoms with Crippen molar-refractivity contribution in [1.29, 1.82) is 0 Å². The van der Waals surface area contributed by atoms with Gasteiger partial charge in [0.1, 0.15) is 6.10 Å². The maximum Gasteiger partial charge on any atom is 0.101 e. The van der Waals surface area contributed by atoms with Crippen molar-refractivity contribution in [2.45, 2.75) is 19.1 Å². The van der Waals surface area contributed by atoms with Crippen molar-refractivity contribution in [3.63, 3.8) is 0 Å². The second kappa shape index (κ2) is 6.83. The van der Waals surface area contributed by atoms with Crippen molar-refractivity contribution >= 4 is 0 Å². The quantitative estimate of drug-likeness (QED) is 0.633. The van der Waals surface area contributed by atoms with Crippen molar-refractivity contribution in [3.8, 4) is 0 Å². The SMILES string of the molecule is C=C/C=C/C=C/C(OC)C(C)O. The molecule has 0 heterocycles. The molecule has 0 aliphatic rings. The largest absolute Gasteiger partial charge is 0.390 e. The first-order valence-electron chi connectivity index (χ1n) is 3.89. The van der Waals surface area contributed by atoms with Gasteiger partial charge >= 0.3 is 0 Å². The molecule has 2 heteroatoms. The number of ether oxygens (including phenoxy) is 1. The van der Waals surface area contributed by atoms with Crippen LogP contribution in [-0.4, -0.2) is 24.4 Å². The highest BCUT2D eigenvalue weighted by Gasteiger charge is 2.07. The second-order valence-electron chi connectivity index (χ2n) is 2.45. The lowest BCUT2D eigenvalue weighted by molar-refractivity contribution is 0.0277. The fourth-order valence-corrected chi connectivity index (χ4v) is 0.753. The summed E-state index contributed by atoms with van der Waals surface area (Å²) >= 11 is 0. The van der Waals surface area contributed by atoms with Gasteiger partial charge in [-0.25, -0.2) is 0 Å². The Balaban J connectivity index is 3.92. The molecule has 2 unspecified atom stereocenters. The van der Waals surface area contributed by atoms with Gasteiger partial charge in [-0.05, 0) is 6.92 Å². The molecule has 0 saturated heterocycles. The Morgan fingerprint density at radius 2 is 2.00 bits per heavy atom. The number of aliphatic hydroxyl groups excluding tert-OH is 1. The van der Waals surface area contributed by atoms with Gasteiger partial charge < -0.3 is 9.84 Å². The number of aliphatic hydroxyl groups is 1. The van der Waals surface area contributed by atoms with E-state index in [2.05, 4.69) is 6.58 Å². The van der Waals surface area contributed by atoms with Crippen LogP contribution in [0, 0.1) is 0 Å². The van der Waals surface area contributed by atoms with Crippen molar-refractivity contribution in [2.24, 2.45) is 0 Å². The van der Waals surface area contributed by atoms with Crippen LogP contribution in [0.3, 0.4) is 0 Å². The molecule has 12 heavy (non-hydrogen) atoms. The molecule has 2 atom stereocenters. The van der Waals surface area contributed by atoms with Crippen molar-refractivity contribution < 1.29 is 9.84 Å². The standard InChI is InChI=1S/C10H16O2/c1-4-5-6-7-8-10(12-3)9(2)11/h4-11H,1H2,2-3H3/b6-5+,8-7+. The van der Waals surface area contributed by atoms with Crippen LogP contribution in [0.25, 0.3) is 0 Å². The molecule has 0 amide bonds. The van der Waals surface area contributed by atoms with Crippen LogP contribution >= 0.6 is 0 Å². The van der Waals surface area contributed by atoms with Crippen molar-refractivity contribution in [3.05, 3.63) is 37.0 Å². The third-order valence-electron chi connectivity index (χ3n) is 1.41. The van der Waals surface area contributed by atoms with Crippen LogP contribution in [0.1, 0.15) is 6.92 Å². The molecule has 0 fully saturated rings. The first kappa shape index (κ1) is 11.1. The lowest BCUT2D eigenvalue weighted by atomic mass is 10.2. The number of hydrogen-bond donors (Lipinski definition) is 1. The number of allylic oxidation sites excluding steroid dienone is 4. The Kier molecular flexibility index (Phi) is 6.34. The Bertz CT molecular complexity index is 169. The van der Waals surface area contributed by atoms with E-state index in [-0.39, 0.29) is 6.10 Å². The molecular weight excluding hydrogens is 152 g/mol. The first-order valence-corrected chi connectivity index (χ1v) is 3.89. The van der Waals surface area contributed by atoms with Crippen LogP contribution in [0.15, 0.2) is 37.0 Å². The second-order valence-corrected chi connectivity index (χ2v) is 2.45. The van der Waals surface area contributed by atoms with E-state index in [0.29, 0.717) is 0 Å². The highest BCUT2D eigenvalue weighted by Crippen LogP contribution is 1.99. The molecule has 68 valence electrons. The van der Waals surface area contributed by atoms with Crippen molar-refractivity contribution in [2.75, 3.05) is 7.11 Å². The van der Waals surface area contributed by atoms with E-state index in [4.69, 9.17) is 9.84 Å². The number of hydrogen-bond acceptors (Lipinski definition) is 2. The van der Waals surface area contributed by atoms with E-state index in [1.54, 1.807) is 26.2 Å². The van der Waals surface area contributed by atoms with Gasteiger partial charge in [-0.2, -0.15) is 0 Å². The van der Waals surface area contributed by atoms with E-state index in [1.165, 1.54) is 0 Å². The summed E-state index contributed by atoms with van der Waals surface area (Å²) in [7, 11) is 1.57. The van der Waals surface area contributed by atoms with Gasteiger partial charge in [0, 0.05) is 7.11 Å². The molecule has 0 rings (SSSR count). The maximum atomic E-state index is 9.15. The van der Waals surface area contributed by atoms with E-state index in [0.717, 1.165) is 0 Å². The highest BCUT2D eigenvalue weighted by atomic mass is 16.5. The lowest BCUT2D eigenvalue weighted by Crippen LogP contribution is -2.22. The molecule has 0 aliphatic heterocycles. The molecule has 0 saturated carbocycles. The van der Waals surface area contributed by atoms with Crippen LogP contribution in [0.4, 0.5) is 0 Å². The molecular formula is C10H16O2. The third-order valence-corrected chi connectivity index (χ3v) is 1.41. The van der Waals surface area contributed by atoms with Crippen LogP contribution < -0.4 is 0 Å². The summed E-state index contributed by atoms with van der Waals surface area (Å²) in [5.74, 6) is 0. The van der Waals surface area contributed by atoms with Gasteiger partial charge in [0.2, 0.25) is 0 Å². The molecule has 0 aromatic rings. The van der Waals surface area contributed by atoms with Crippen LogP contribution in [0.2, 0.25) is 0 Å². The highest BCUT2D eigenvalue weighted by molar-refractivity contribution is 5.10. The summed E-state index contributed by atoms with van der Waals surface area (Å²) in [5, 5.41) is 9.15. The van der Waals surface area contributed by atoms with E-state index in [1.807, 2.05) is 18.2 Å². The molecule has 0 aromatic carbocycles. The van der Waals surface area contributed by atoms with Gasteiger partial charge in [0.15, 0.2) is 0 Å². The normalized spacial score (nSPS) is 16.9. The lowest BCUT2D eigenvalue weighted by Gasteiger charge is -2.12. The summed E-state index contributed by atoms with van der Waals surface area (Å²) in [6, 6.07) is 0. The molecule has 0 aromatic heterocycles. The number of rotatable bonds is 5. The average Bonchev–Trinajstić information content (AvgIpc) is 2.04. The number of methoxy groups -OCH3 is 1. The monoisotopic (exact) mass is 168 g/mol. The minimum absolute atomic E-state index is 0.237. The predicted molar refractivity (Wildman–Crippen MR) is 51.0 cm³/mol. The minimum Gasteiger partial charge on any atom is -0.390 e. The zero-order valence-corrected chi connectivity index (χ0v) is 7.60.